The lowest BCUT2D eigenvalue weighted by Crippen LogP contribution is -2.45. The fourth-order valence-electron chi connectivity index (χ4n) is 6.77. The third kappa shape index (κ3) is 6.41. The first-order valence-electron chi connectivity index (χ1n) is 16.1. The second-order valence-electron chi connectivity index (χ2n) is 12.3. The van der Waals surface area contributed by atoms with Crippen LogP contribution in [0, 0.1) is 0 Å². The van der Waals surface area contributed by atoms with Crippen molar-refractivity contribution in [2.75, 3.05) is 13.2 Å². The van der Waals surface area contributed by atoms with Crippen molar-refractivity contribution in [3.63, 3.8) is 0 Å². The molecule has 1 aliphatic carbocycles. The van der Waals surface area contributed by atoms with Crippen LogP contribution in [0.3, 0.4) is 0 Å². The molecule has 0 radical (unpaired) electrons. The number of alkyl carbamates (subject to hydrolysis) is 1. The van der Waals surface area contributed by atoms with Crippen LogP contribution < -0.4 is 11.1 Å². The predicted molar refractivity (Wildman–Crippen MR) is 179 cm³/mol. The number of amides is 2. The minimum Gasteiger partial charge on any atom is -0.461 e. The van der Waals surface area contributed by atoms with Crippen molar-refractivity contribution in [2.24, 2.45) is 5.73 Å². The van der Waals surface area contributed by atoms with Gasteiger partial charge in [0.05, 0.1) is 0 Å². The number of rotatable bonds is 10. The summed E-state index contributed by atoms with van der Waals surface area (Å²) in [5, 5.41) is 25.0. The van der Waals surface area contributed by atoms with Gasteiger partial charge in [0, 0.05) is 47.4 Å². The molecular weight excluding hydrogens is 628 g/mol. The van der Waals surface area contributed by atoms with E-state index in [-0.39, 0.29) is 18.9 Å². The number of H-pyrrole nitrogens is 1. The molecule has 1 fully saturated rings. The SMILES string of the molecule is NC(=O)C1=CN([C@@H]2O[C@H](COC(=O)[C@H](Cc3c[nH]c4ccccc34)NC(=O)OCC3c4ccccc4-c4ccccc43)[C@@H](O)[C@H]2O)C=CC1. The van der Waals surface area contributed by atoms with Crippen molar-refractivity contribution < 1.29 is 38.8 Å². The van der Waals surface area contributed by atoms with E-state index in [1.54, 1.807) is 18.5 Å². The molecule has 2 aliphatic heterocycles. The van der Waals surface area contributed by atoms with Crippen LogP contribution in [0.15, 0.2) is 103 Å². The van der Waals surface area contributed by atoms with Crippen LogP contribution in [0.1, 0.15) is 29.0 Å². The number of ether oxygens (including phenoxy) is 3. The number of nitrogens with one attached hydrogen (secondary N) is 2. The predicted octanol–water partition coefficient (Wildman–Crippen LogP) is 3.20. The van der Waals surface area contributed by atoms with Gasteiger partial charge in [-0.25, -0.2) is 9.59 Å². The number of carbonyl (C=O) groups is 3. The zero-order chi connectivity index (χ0) is 34.1. The standard InChI is InChI=1S/C37H36N4O8/c38-34(44)21-8-7-15-41(18-21)35-33(43)32(42)31(49-35)20-47-36(45)30(16-22-17-39-29-14-6-5-9-23(22)29)40-37(46)48-19-28-26-12-3-1-10-24(26)25-11-2-4-13-27(25)28/h1-7,9-15,17-18,28,30-33,35,39,42-43H,8,16,19-20H2,(H2,38,44)(H,40,46)/t30-,31+,32+,33+,35+/m0/s1. The van der Waals surface area contributed by atoms with Crippen LogP contribution in [-0.4, -0.2) is 81.9 Å². The van der Waals surface area contributed by atoms with Crippen LogP contribution in [0.5, 0.6) is 0 Å². The molecule has 1 saturated heterocycles. The number of esters is 1. The number of aliphatic hydroxyl groups is 2. The summed E-state index contributed by atoms with van der Waals surface area (Å²) in [4.78, 5) is 43.2. The minimum absolute atomic E-state index is 0.0625. The quantitative estimate of drug-likeness (QED) is 0.159. The molecular formula is C37H36N4O8. The number of allylic oxidation sites excluding steroid dienone is 1. The molecule has 7 rings (SSSR count). The number of benzene rings is 3. The summed E-state index contributed by atoms with van der Waals surface area (Å²) in [5.41, 5.74) is 11.7. The molecule has 4 aromatic rings. The lowest BCUT2D eigenvalue weighted by molar-refractivity contribution is -0.152. The fraction of sp³-hybridized carbons (Fsp3) is 0.270. The molecule has 3 heterocycles. The number of nitrogens with zero attached hydrogens (tertiary/aromatic N) is 1. The van der Waals surface area contributed by atoms with E-state index in [1.165, 1.54) is 11.1 Å². The van der Waals surface area contributed by atoms with Crippen LogP contribution in [-0.2, 0) is 30.2 Å². The Hall–Kier alpha value is -5.43. The first-order valence-corrected chi connectivity index (χ1v) is 16.1. The van der Waals surface area contributed by atoms with Gasteiger partial charge in [0.25, 0.3) is 0 Å². The number of aromatic amines is 1. The van der Waals surface area contributed by atoms with Gasteiger partial charge < -0.3 is 45.4 Å². The number of hydrogen-bond acceptors (Lipinski definition) is 9. The summed E-state index contributed by atoms with van der Waals surface area (Å²) in [6, 6.07) is 22.4. The fourth-order valence-corrected chi connectivity index (χ4v) is 6.77. The van der Waals surface area contributed by atoms with Crippen molar-refractivity contribution in [3.8, 4) is 11.1 Å². The summed E-state index contributed by atoms with van der Waals surface area (Å²) in [6.07, 6.45) is 1.22. The van der Waals surface area contributed by atoms with E-state index < -0.39 is 55.2 Å². The number of aliphatic hydroxyl groups excluding tert-OH is 2. The van der Waals surface area contributed by atoms with E-state index in [9.17, 15) is 24.6 Å². The Morgan fingerprint density at radius 2 is 1.63 bits per heavy atom. The lowest BCUT2D eigenvalue weighted by atomic mass is 9.98. The molecule has 2 amide bonds. The van der Waals surface area contributed by atoms with Gasteiger partial charge in [-0.1, -0.05) is 72.8 Å². The third-order valence-corrected chi connectivity index (χ3v) is 9.28. The van der Waals surface area contributed by atoms with Crippen LogP contribution in [0.2, 0.25) is 0 Å². The number of hydrogen-bond donors (Lipinski definition) is 5. The molecule has 6 N–H and O–H groups in total. The first kappa shape index (κ1) is 32.1. The molecule has 3 aromatic carbocycles. The summed E-state index contributed by atoms with van der Waals surface area (Å²) in [5.74, 6) is -1.56. The topological polar surface area (TPSA) is 176 Å². The number of nitrogens with two attached hydrogens (primary N) is 1. The molecule has 3 aliphatic rings. The zero-order valence-corrected chi connectivity index (χ0v) is 26.4. The highest BCUT2D eigenvalue weighted by atomic mass is 16.6. The molecule has 49 heavy (non-hydrogen) atoms. The Morgan fingerprint density at radius 1 is 0.939 bits per heavy atom. The molecule has 1 aromatic heterocycles. The molecule has 5 atom stereocenters. The highest BCUT2D eigenvalue weighted by Gasteiger charge is 2.46. The van der Waals surface area contributed by atoms with Crippen LogP contribution in [0.4, 0.5) is 4.79 Å². The molecule has 0 saturated carbocycles. The number of fused-ring (bicyclic) bond motifs is 4. The van der Waals surface area contributed by atoms with Gasteiger partial charge in [0.15, 0.2) is 6.23 Å². The van der Waals surface area contributed by atoms with Gasteiger partial charge in [-0.2, -0.15) is 0 Å². The van der Waals surface area contributed by atoms with E-state index in [0.717, 1.165) is 38.7 Å². The molecule has 0 unspecified atom stereocenters. The first-order chi connectivity index (χ1) is 23.8. The summed E-state index contributed by atoms with van der Waals surface area (Å²) >= 11 is 0. The second kappa shape index (κ2) is 13.6. The maximum absolute atomic E-state index is 13.6. The van der Waals surface area contributed by atoms with Gasteiger partial charge in [-0.15, -0.1) is 0 Å². The van der Waals surface area contributed by atoms with Gasteiger partial charge in [0.2, 0.25) is 5.91 Å². The average Bonchev–Trinajstić information content (AvgIpc) is 3.77. The molecule has 0 spiro atoms. The third-order valence-electron chi connectivity index (χ3n) is 9.28. The monoisotopic (exact) mass is 664 g/mol. The van der Waals surface area contributed by atoms with Gasteiger partial charge in [0.1, 0.15) is 37.6 Å². The molecule has 12 heteroatoms. The Labute approximate surface area is 281 Å². The zero-order valence-electron chi connectivity index (χ0n) is 26.4. The molecule has 12 nitrogen and oxygen atoms in total. The maximum atomic E-state index is 13.6. The van der Waals surface area contributed by atoms with E-state index >= 15 is 0 Å². The van der Waals surface area contributed by atoms with Crippen molar-refractivity contribution in [1.29, 1.82) is 0 Å². The number of primary amides is 1. The summed E-state index contributed by atoms with van der Waals surface area (Å²) < 4.78 is 17.2. The van der Waals surface area contributed by atoms with Gasteiger partial charge in [-0.05, 0) is 40.3 Å². The summed E-state index contributed by atoms with van der Waals surface area (Å²) in [7, 11) is 0. The Balaban J connectivity index is 1.04. The number of carbonyl (C=O) groups excluding carboxylic acids is 3. The second-order valence-corrected chi connectivity index (χ2v) is 12.3. The van der Waals surface area contributed by atoms with Crippen LogP contribution >= 0.6 is 0 Å². The normalized spacial score (nSPS) is 21.9. The van der Waals surface area contributed by atoms with Gasteiger partial charge >= 0.3 is 12.1 Å². The highest BCUT2D eigenvalue weighted by molar-refractivity contribution is 5.92. The lowest BCUT2D eigenvalue weighted by Gasteiger charge is -2.28. The van der Waals surface area contributed by atoms with E-state index in [4.69, 9.17) is 19.9 Å². The van der Waals surface area contributed by atoms with Crippen molar-refractivity contribution in [1.82, 2.24) is 15.2 Å². The van der Waals surface area contributed by atoms with E-state index in [1.807, 2.05) is 72.8 Å². The number of aromatic nitrogens is 1. The van der Waals surface area contributed by atoms with Crippen molar-refractivity contribution in [3.05, 3.63) is 120 Å². The van der Waals surface area contributed by atoms with Crippen molar-refractivity contribution in [2.45, 2.75) is 49.3 Å². The van der Waals surface area contributed by atoms with Gasteiger partial charge in [-0.3, -0.25) is 4.79 Å². The highest BCUT2D eigenvalue weighted by Crippen LogP contribution is 2.44. The van der Waals surface area contributed by atoms with Crippen molar-refractivity contribution >= 4 is 28.9 Å². The molecule has 0 bridgehead atoms. The molecule has 252 valence electrons. The Kier molecular flexibility index (Phi) is 8.91. The number of para-hydroxylation sites is 1. The smallest absolute Gasteiger partial charge is 0.407 e. The van der Waals surface area contributed by atoms with Crippen LogP contribution in [0.25, 0.3) is 22.0 Å². The largest absolute Gasteiger partial charge is 0.461 e. The van der Waals surface area contributed by atoms with E-state index in [2.05, 4.69) is 10.3 Å². The Bertz CT molecular complexity index is 1910. The maximum Gasteiger partial charge on any atom is 0.407 e. The summed E-state index contributed by atoms with van der Waals surface area (Å²) in [6.45, 7) is -0.346. The minimum atomic E-state index is -1.40. The van der Waals surface area contributed by atoms with E-state index in [0.29, 0.717) is 12.0 Å². The Morgan fingerprint density at radius 3 is 2.37 bits per heavy atom. The average molecular weight is 665 g/mol.